The van der Waals surface area contributed by atoms with Crippen molar-refractivity contribution in [3.05, 3.63) is 0 Å². The van der Waals surface area contributed by atoms with Crippen LogP contribution in [0, 0.1) is 5.92 Å². The van der Waals surface area contributed by atoms with Gasteiger partial charge in [0.15, 0.2) is 0 Å². The molecule has 2 nitrogen and oxygen atoms in total. The summed E-state index contributed by atoms with van der Waals surface area (Å²) >= 11 is 0. The zero-order chi connectivity index (χ0) is 6.27. The maximum Gasteiger partial charge on any atom is 0.0850 e. The Morgan fingerprint density at radius 1 is 1.56 bits per heavy atom. The average Bonchev–Trinajstić information content (AvgIpc) is 2.58. The fraction of sp³-hybridized carbons (Fsp3) is 1.00. The van der Waals surface area contributed by atoms with Crippen LogP contribution in [0.25, 0.3) is 0 Å². The van der Waals surface area contributed by atoms with E-state index in [0.29, 0.717) is 6.10 Å². The summed E-state index contributed by atoms with van der Waals surface area (Å²) in [5, 5.41) is 0. The Hall–Kier alpha value is -0.0800. The van der Waals surface area contributed by atoms with Crippen molar-refractivity contribution in [1.82, 2.24) is 4.90 Å². The van der Waals surface area contributed by atoms with Gasteiger partial charge in [-0.1, -0.05) is 0 Å². The molecule has 0 saturated carbocycles. The van der Waals surface area contributed by atoms with E-state index in [1.165, 1.54) is 19.5 Å². The van der Waals surface area contributed by atoms with Crippen molar-refractivity contribution in [3.8, 4) is 0 Å². The van der Waals surface area contributed by atoms with Gasteiger partial charge in [-0.25, -0.2) is 0 Å². The molecule has 0 spiro atoms. The second kappa shape index (κ2) is 1.96. The van der Waals surface area contributed by atoms with Crippen LogP contribution in [0.5, 0.6) is 0 Å². The first-order valence-electron chi connectivity index (χ1n) is 3.66. The number of nitrogens with zero attached hydrogens (tertiary/aromatic N) is 1. The molecule has 0 aromatic rings. The molecule has 2 aliphatic rings. The van der Waals surface area contributed by atoms with Gasteiger partial charge in [-0.3, -0.25) is 0 Å². The van der Waals surface area contributed by atoms with E-state index in [1.807, 2.05) is 0 Å². The van der Waals surface area contributed by atoms with E-state index >= 15 is 0 Å². The zero-order valence-electron chi connectivity index (χ0n) is 5.84. The Morgan fingerprint density at radius 2 is 2.33 bits per heavy atom. The molecule has 0 unspecified atom stereocenters. The van der Waals surface area contributed by atoms with Gasteiger partial charge in [-0.2, -0.15) is 0 Å². The number of hydrogen-bond donors (Lipinski definition) is 0. The number of hydrogen-bond acceptors (Lipinski definition) is 2. The molecule has 0 bridgehead atoms. The molecule has 0 aromatic heterocycles. The predicted molar refractivity (Wildman–Crippen MR) is 35.3 cm³/mol. The van der Waals surface area contributed by atoms with E-state index in [0.717, 1.165) is 12.5 Å². The normalized spacial score (nSPS) is 43.7. The summed E-state index contributed by atoms with van der Waals surface area (Å²) in [6.45, 7) is 3.55. The third-order valence-corrected chi connectivity index (χ3v) is 2.31. The molecular formula is C7H13NO. The zero-order valence-corrected chi connectivity index (χ0v) is 5.84. The summed E-state index contributed by atoms with van der Waals surface area (Å²) in [5.74, 6) is 0.856. The summed E-state index contributed by atoms with van der Waals surface area (Å²) in [4.78, 5) is 2.38. The molecule has 2 saturated heterocycles. The van der Waals surface area contributed by atoms with Crippen LogP contribution in [0.4, 0.5) is 0 Å². The second-order valence-electron chi connectivity index (χ2n) is 3.18. The standard InChI is InChI=1S/C7H13NO/c1-8-3-2-6(4-8)7-5-9-7/h6-7H,2-5H2,1H3/t6-,7-/m0/s1. The first-order chi connectivity index (χ1) is 4.36. The highest BCUT2D eigenvalue weighted by molar-refractivity contribution is 4.85. The smallest absolute Gasteiger partial charge is 0.0850 e. The van der Waals surface area contributed by atoms with E-state index in [1.54, 1.807) is 0 Å². The maximum absolute atomic E-state index is 5.21. The molecule has 0 radical (unpaired) electrons. The third-order valence-electron chi connectivity index (χ3n) is 2.31. The van der Waals surface area contributed by atoms with E-state index < -0.39 is 0 Å². The minimum atomic E-state index is 0.634. The van der Waals surface area contributed by atoms with Crippen molar-refractivity contribution < 1.29 is 4.74 Å². The lowest BCUT2D eigenvalue weighted by Gasteiger charge is -2.05. The number of likely N-dealkylation sites (tertiary alicyclic amines) is 1. The first kappa shape index (κ1) is 5.69. The van der Waals surface area contributed by atoms with Crippen LogP contribution in [0.15, 0.2) is 0 Å². The van der Waals surface area contributed by atoms with Crippen molar-refractivity contribution in [2.45, 2.75) is 12.5 Å². The summed E-state index contributed by atoms with van der Waals surface area (Å²) in [5.41, 5.74) is 0. The molecule has 2 aliphatic heterocycles. The maximum atomic E-state index is 5.21. The Balaban J connectivity index is 1.86. The van der Waals surface area contributed by atoms with Gasteiger partial charge in [0.2, 0.25) is 0 Å². The molecule has 2 atom stereocenters. The lowest BCUT2D eigenvalue weighted by Crippen LogP contribution is -2.16. The van der Waals surface area contributed by atoms with Crippen molar-refractivity contribution in [2.24, 2.45) is 5.92 Å². The molecule has 0 amide bonds. The molecule has 0 aromatic carbocycles. The molecule has 9 heavy (non-hydrogen) atoms. The third kappa shape index (κ3) is 1.10. The highest BCUT2D eigenvalue weighted by Crippen LogP contribution is 2.27. The summed E-state index contributed by atoms with van der Waals surface area (Å²) in [6, 6.07) is 0. The van der Waals surface area contributed by atoms with Gasteiger partial charge in [0.1, 0.15) is 0 Å². The largest absolute Gasteiger partial charge is 0.373 e. The lowest BCUT2D eigenvalue weighted by molar-refractivity contribution is 0.319. The Morgan fingerprint density at radius 3 is 2.78 bits per heavy atom. The van der Waals surface area contributed by atoms with E-state index in [4.69, 9.17) is 4.74 Å². The molecule has 2 heterocycles. The Bertz CT molecular complexity index is 111. The summed E-state index contributed by atoms with van der Waals surface area (Å²) in [6.07, 6.45) is 1.98. The van der Waals surface area contributed by atoms with Crippen LogP contribution >= 0.6 is 0 Å². The monoisotopic (exact) mass is 127 g/mol. The van der Waals surface area contributed by atoms with Gasteiger partial charge >= 0.3 is 0 Å². The minimum absolute atomic E-state index is 0.634. The molecular weight excluding hydrogens is 114 g/mol. The van der Waals surface area contributed by atoms with Crippen molar-refractivity contribution in [1.29, 1.82) is 0 Å². The number of rotatable bonds is 1. The van der Waals surface area contributed by atoms with Gasteiger partial charge in [0.25, 0.3) is 0 Å². The fourth-order valence-corrected chi connectivity index (χ4v) is 1.60. The van der Waals surface area contributed by atoms with Gasteiger partial charge < -0.3 is 9.64 Å². The minimum Gasteiger partial charge on any atom is -0.373 e. The molecule has 2 rings (SSSR count). The van der Waals surface area contributed by atoms with Crippen molar-refractivity contribution >= 4 is 0 Å². The van der Waals surface area contributed by atoms with Gasteiger partial charge in [-0.05, 0) is 20.0 Å². The highest BCUT2D eigenvalue weighted by Gasteiger charge is 2.35. The molecule has 2 fully saturated rings. The average molecular weight is 127 g/mol. The van der Waals surface area contributed by atoms with E-state index in [2.05, 4.69) is 11.9 Å². The topological polar surface area (TPSA) is 15.8 Å². The van der Waals surface area contributed by atoms with Crippen LogP contribution < -0.4 is 0 Å². The fourth-order valence-electron chi connectivity index (χ4n) is 1.60. The Labute approximate surface area is 55.8 Å². The summed E-state index contributed by atoms with van der Waals surface area (Å²) in [7, 11) is 2.18. The molecule has 52 valence electrons. The number of ether oxygens (including phenoxy) is 1. The van der Waals surface area contributed by atoms with Crippen LogP contribution in [-0.2, 0) is 4.74 Å². The van der Waals surface area contributed by atoms with Crippen LogP contribution in [0.2, 0.25) is 0 Å². The van der Waals surface area contributed by atoms with Gasteiger partial charge in [-0.15, -0.1) is 0 Å². The second-order valence-corrected chi connectivity index (χ2v) is 3.18. The molecule has 2 heteroatoms. The Kier molecular flexibility index (Phi) is 1.24. The predicted octanol–water partition coefficient (Wildman–Crippen LogP) is 0.337. The molecule has 0 aliphatic carbocycles. The highest BCUT2D eigenvalue weighted by atomic mass is 16.6. The van der Waals surface area contributed by atoms with Crippen LogP contribution in [0.1, 0.15) is 6.42 Å². The van der Waals surface area contributed by atoms with Crippen LogP contribution in [0.3, 0.4) is 0 Å². The van der Waals surface area contributed by atoms with Crippen LogP contribution in [-0.4, -0.2) is 37.7 Å². The first-order valence-corrected chi connectivity index (χ1v) is 3.66. The van der Waals surface area contributed by atoms with Crippen molar-refractivity contribution in [3.63, 3.8) is 0 Å². The number of epoxide rings is 1. The molecule has 0 N–H and O–H groups in total. The quantitative estimate of drug-likeness (QED) is 0.472. The SMILES string of the molecule is CN1CC[C@H]([C@@H]2CO2)C1. The van der Waals surface area contributed by atoms with Crippen molar-refractivity contribution in [2.75, 3.05) is 26.7 Å². The van der Waals surface area contributed by atoms with E-state index in [-0.39, 0.29) is 0 Å². The van der Waals surface area contributed by atoms with Gasteiger partial charge in [0, 0.05) is 12.5 Å². The van der Waals surface area contributed by atoms with E-state index in [9.17, 15) is 0 Å². The van der Waals surface area contributed by atoms with Gasteiger partial charge in [0.05, 0.1) is 12.7 Å². The summed E-state index contributed by atoms with van der Waals surface area (Å²) < 4.78 is 5.21. The lowest BCUT2D eigenvalue weighted by atomic mass is 10.1.